The largest absolute Gasteiger partial charge is 0.495 e. The number of aryl methyl sites for hydroxylation is 1. The Morgan fingerprint density at radius 2 is 1.97 bits per heavy atom. The Hall–Kier alpha value is -3.36. The summed E-state index contributed by atoms with van der Waals surface area (Å²) in [6, 6.07) is 7.00. The number of amides is 2. The van der Waals surface area contributed by atoms with Crippen LogP contribution in [0.15, 0.2) is 24.3 Å². The second kappa shape index (κ2) is 8.88. The number of hydrogen-bond donors (Lipinski definition) is 1. The van der Waals surface area contributed by atoms with Gasteiger partial charge in [-0.15, -0.1) is 0 Å². The van der Waals surface area contributed by atoms with Crippen LogP contribution >= 0.6 is 0 Å². The Balaban J connectivity index is 1.82. The van der Waals surface area contributed by atoms with E-state index in [1.165, 1.54) is 22.8 Å². The summed E-state index contributed by atoms with van der Waals surface area (Å²) in [6.07, 6.45) is 3.98. The van der Waals surface area contributed by atoms with Crippen molar-refractivity contribution < 1.29 is 23.9 Å². The van der Waals surface area contributed by atoms with Crippen LogP contribution in [0.3, 0.4) is 0 Å². The fourth-order valence-corrected chi connectivity index (χ4v) is 4.65. The van der Waals surface area contributed by atoms with Crippen LogP contribution in [-0.2, 0) is 16.1 Å². The molecule has 1 N–H and O–H groups in total. The number of carbonyl (C=O) groups is 3. The molecule has 1 fully saturated rings. The first kappa shape index (κ1) is 22.8. The molecule has 1 aromatic heterocycles. The molecule has 1 atom stereocenters. The molecule has 0 unspecified atom stereocenters. The van der Waals surface area contributed by atoms with Crippen molar-refractivity contribution in [2.75, 3.05) is 18.6 Å². The van der Waals surface area contributed by atoms with E-state index in [4.69, 9.17) is 9.47 Å². The first-order chi connectivity index (χ1) is 15.8. The van der Waals surface area contributed by atoms with E-state index in [0.29, 0.717) is 11.4 Å². The van der Waals surface area contributed by atoms with Gasteiger partial charge >= 0.3 is 5.97 Å². The van der Waals surface area contributed by atoms with Crippen LogP contribution in [0.4, 0.5) is 5.69 Å². The topological polar surface area (TPSA) is 103 Å². The Morgan fingerprint density at radius 1 is 1.24 bits per heavy atom. The van der Waals surface area contributed by atoms with Crippen LogP contribution < -0.4 is 15.0 Å². The first-order valence-electron chi connectivity index (χ1n) is 11.3. The van der Waals surface area contributed by atoms with Crippen molar-refractivity contribution in [3.63, 3.8) is 0 Å². The zero-order valence-electron chi connectivity index (χ0n) is 19.5. The molecule has 2 aliphatic rings. The smallest absolute Gasteiger partial charge is 0.358 e. The molecule has 1 aromatic carbocycles. The molecule has 2 heterocycles. The molecule has 0 spiro atoms. The number of rotatable bonds is 6. The maximum atomic E-state index is 13.8. The van der Waals surface area contributed by atoms with Gasteiger partial charge in [0.25, 0.3) is 5.91 Å². The highest BCUT2D eigenvalue weighted by Gasteiger charge is 2.50. The summed E-state index contributed by atoms with van der Waals surface area (Å²) < 4.78 is 12.0. The van der Waals surface area contributed by atoms with Crippen LogP contribution in [0.5, 0.6) is 5.75 Å². The predicted molar refractivity (Wildman–Crippen MR) is 122 cm³/mol. The number of ether oxygens (including phenoxy) is 2. The van der Waals surface area contributed by atoms with Gasteiger partial charge in [0, 0.05) is 12.1 Å². The molecule has 0 radical (unpaired) electrons. The Bertz CT molecular complexity index is 1090. The van der Waals surface area contributed by atoms with Gasteiger partial charge in [0.15, 0.2) is 5.69 Å². The fourth-order valence-electron chi connectivity index (χ4n) is 4.65. The number of anilines is 1. The number of methoxy groups -OCH3 is 1. The number of nitrogens with zero attached hydrogens (tertiary/aromatic N) is 3. The van der Waals surface area contributed by atoms with Gasteiger partial charge in [0.1, 0.15) is 17.0 Å². The van der Waals surface area contributed by atoms with E-state index >= 15 is 0 Å². The third kappa shape index (κ3) is 4.07. The van der Waals surface area contributed by atoms with E-state index in [1.807, 2.05) is 19.1 Å². The first-order valence-corrected chi connectivity index (χ1v) is 11.3. The molecule has 2 amide bonds. The van der Waals surface area contributed by atoms with Crippen LogP contribution in [0, 0.1) is 6.92 Å². The summed E-state index contributed by atoms with van der Waals surface area (Å²) >= 11 is 0. The average molecular weight is 455 g/mol. The van der Waals surface area contributed by atoms with Gasteiger partial charge < -0.3 is 14.8 Å². The maximum Gasteiger partial charge on any atom is 0.358 e. The SMILES string of the molecule is CCOC(=O)c1cc2n(n1)C[C@@](C)(C(=O)NC1CCCC1)N(c1cc(C)ccc1OC)C2=O. The lowest BCUT2D eigenvalue weighted by Crippen LogP contribution is -2.65. The summed E-state index contributed by atoms with van der Waals surface area (Å²) in [5.41, 5.74) is 0.385. The van der Waals surface area contributed by atoms with Crippen molar-refractivity contribution in [1.82, 2.24) is 15.1 Å². The number of nitrogens with one attached hydrogen (secondary N) is 1. The average Bonchev–Trinajstić information content (AvgIpc) is 3.44. The molecule has 2 aromatic rings. The van der Waals surface area contributed by atoms with E-state index in [0.717, 1.165) is 31.2 Å². The summed E-state index contributed by atoms with van der Waals surface area (Å²) in [6.45, 7) is 5.63. The van der Waals surface area contributed by atoms with Crippen molar-refractivity contribution >= 4 is 23.5 Å². The molecule has 9 nitrogen and oxygen atoms in total. The van der Waals surface area contributed by atoms with E-state index < -0.39 is 17.4 Å². The molecule has 0 saturated heterocycles. The second-order valence-corrected chi connectivity index (χ2v) is 8.84. The van der Waals surface area contributed by atoms with Gasteiger partial charge in [0.05, 0.1) is 25.9 Å². The minimum absolute atomic E-state index is 0.0387. The highest BCUT2D eigenvalue weighted by Crippen LogP contribution is 2.39. The lowest BCUT2D eigenvalue weighted by Gasteiger charge is -2.44. The molecule has 9 heteroatoms. The van der Waals surface area contributed by atoms with Gasteiger partial charge in [-0.25, -0.2) is 4.79 Å². The quantitative estimate of drug-likeness (QED) is 0.674. The van der Waals surface area contributed by atoms with Gasteiger partial charge in [-0.05, 0) is 51.3 Å². The highest BCUT2D eigenvalue weighted by atomic mass is 16.5. The Kier molecular flexibility index (Phi) is 6.14. The molecule has 176 valence electrons. The lowest BCUT2D eigenvalue weighted by molar-refractivity contribution is -0.127. The van der Waals surface area contributed by atoms with Crippen molar-refractivity contribution in [3.05, 3.63) is 41.2 Å². The van der Waals surface area contributed by atoms with Crippen molar-refractivity contribution in [2.45, 2.75) is 64.6 Å². The Labute approximate surface area is 193 Å². The molecular formula is C24H30N4O5. The summed E-state index contributed by atoms with van der Waals surface area (Å²) in [5.74, 6) is -0.821. The van der Waals surface area contributed by atoms with Gasteiger partial charge in [-0.2, -0.15) is 5.10 Å². The molecule has 4 rings (SSSR count). The molecular weight excluding hydrogens is 424 g/mol. The van der Waals surface area contributed by atoms with Gasteiger partial charge in [-0.1, -0.05) is 18.9 Å². The van der Waals surface area contributed by atoms with Crippen LogP contribution in [0.1, 0.15) is 66.1 Å². The maximum absolute atomic E-state index is 13.8. The predicted octanol–water partition coefficient (Wildman–Crippen LogP) is 2.85. The number of aromatic nitrogens is 2. The van der Waals surface area contributed by atoms with E-state index in [2.05, 4.69) is 10.4 Å². The zero-order valence-corrected chi connectivity index (χ0v) is 19.5. The fraction of sp³-hybridized carbons (Fsp3) is 0.500. The summed E-state index contributed by atoms with van der Waals surface area (Å²) in [4.78, 5) is 41.2. The number of fused-ring (bicyclic) bond motifs is 1. The molecule has 1 aliphatic carbocycles. The lowest BCUT2D eigenvalue weighted by atomic mass is 9.93. The molecule has 33 heavy (non-hydrogen) atoms. The van der Waals surface area contributed by atoms with E-state index in [-0.39, 0.29) is 36.5 Å². The van der Waals surface area contributed by atoms with Crippen molar-refractivity contribution in [3.8, 4) is 5.75 Å². The van der Waals surface area contributed by atoms with Gasteiger partial charge in [0.2, 0.25) is 5.91 Å². The van der Waals surface area contributed by atoms with Crippen LogP contribution in [0.25, 0.3) is 0 Å². The monoisotopic (exact) mass is 454 g/mol. The van der Waals surface area contributed by atoms with Crippen molar-refractivity contribution in [2.24, 2.45) is 0 Å². The third-order valence-corrected chi connectivity index (χ3v) is 6.39. The standard InChI is InChI=1S/C24H30N4O5/c1-5-33-22(30)17-13-19-21(29)28(18-12-15(2)10-11-20(18)32-4)24(3,14-27(19)26-17)23(31)25-16-8-6-7-9-16/h10-13,16H,5-9,14H2,1-4H3,(H,25,31)/t24-/m0/s1. The molecule has 1 saturated carbocycles. The zero-order chi connectivity index (χ0) is 23.8. The van der Waals surface area contributed by atoms with Crippen LogP contribution in [0.2, 0.25) is 0 Å². The second-order valence-electron chi connectivity index (χ2n) is 8.84. The van der Waals surface area contributed by atoms with Crippen molar-refractivity contribution in [1.29, 1.82) is 0 Å². The number of carbonyl (C=O) groups excluding carboxylic acids is 3. The summed E-state index contributed by atoms with van der Waals surface area (Å²) in [5, 5.41) is 7.44. The van der Waals surface area contributed by atoms with Gasteiger partial charge in [-0.3, -0.25) is 19.2 Å². The van der Waals surface area contributed by atoms with Crippen LogP contribution in [-0.4, -0.2) is 52.9 Å². The number of esters is 1. The normalized spacial score (nSPS) is 20.5. The Morgan fingerprint density at radius 3 is 2.64 bits per heavy atom. The van der Waals surface area contributed by atoms with E-state index in [1.54, 1.807) is 19.9 Å². The molecule has 1 aliphatic heterocycles. The molecule has 0 bridgehead atoms. The summed E-state index contributed by atoms with van der Waals surface area (Å²) in [7, 11) is 1.53. The number of benzene rings is 1. The minimum Gasteiger partial charge on any atom is -0.495 e. The number of hydrogen-bond acceptors (Lipinski definition) is 6. The minimum atomic E-state index is -1.29. The highest BCUT2D eigenvalue weighted by molar-refractivity contribution is 6.13. The third-order valence-electron chi connectivity index (χ3n) is 6.39. The van der Waals surface area contributed by atoms with E-state index in [9.17, 15) is 14.4 Å².